The Bertz CT molecular complexity index is 1660. The number of carboxylic acid groups (broad SMARTS) is 1. The van der Waals surface area contributed by atoms with E-state index in [9.17, 15) is 19.5 Å². The average Bonchev–Trinajstić information content (AvgIpc) is 3.70. The third-order valence-electron chi connectivity index (χ3n) is 11.1. The van der Waals surface area contributed by atoms with Crippen LogP contribution in [-0.4, -0.2) is 91.2 Å². The fourth-order valence-electron chi connectivity index (χ4n) is 8.36. The summed E-state index contributed by atoms with van der Waals surface area (Å²) in [5.74, 6) is -0.0905. The first-order valence-electron chi connectivity index (χ1n) is 18.7. The molecular weight excluding hydrogens is 662 g/mol. The van der Waals surface area contributed by atoms with Crippen LogP contribution < -0.4 is 10.1 Å². The Labute approximate surface area is 305 Å². The summed E-state index contributed by atoms with van der Waals surface area (Å²) < 4.78 is 23.1. The maximum absolute atomic E-state index is 13.4. The van der Waals surface area contributed by atoms with Gasteiger partial charge in [0.05, 0.1) is 19.1 Å². The van der Waals surface area contributed by atoms with Gasteiger partial charge in [0.25, 0.3) is 5.91 Å². The van der Waals surface area contributed by atoms with Gasteiger partial charge >= 0.3 is 12.1 Å². The first-order valence-corrected chi connectivity index (χ1v) is 18.7. The normalized spacial score (nSPS) is 25.8. The molecule has 0 spiro atoms. The fraction of sp³-hybridized carbons (Fsp3) is 0.488. The van der Waals surface area contributed by atoms with Crippen LogP contribution in [0.4, 0.5) is 4.79 Å². The number of benzene rings is 3. The first kappa shape index (κ1) is 35.9. The number of nitrogens with zero attached hydrogens (tertiary/aromatic N) is 2. The molecule has 276 valence electrons. The molecule has 5 fully saturated rings. The van der Waals surface area contributed by atoms with Gasteiger partial charge in [0.15, 0.2) is 6.29 Å². The number of ether oxygens (including phenoxy) is 4. The van der Waals surface area contributed by atoms with E-state index in [0.717, 1.165) is 50.0 Å². The maximum Gasteiger partial charge on any atom is 0.407 e. The molecular formula is C41H49N3O8. The third kappa shape index (κ3) is 8.94. The summed E-state index contributed by atoms with van der Waals surface area (Å²) in [6, 6.07) is 25.5. The van der Waals surface area contributed by atoms with Crippen molar-refractivity contribution in [3.05, 3.63) is 101 Å². The zero-order valence-electron chi connectivity index (χ0n) is 29.6. The number of piperidine rings is 4. The van der Waals surface area contributed by atoms with Gasteiger partial charge in [0.1, 0.15) is 18.5 Å². The Balaban J connectivity index is 0.865. The molecule has 11 nitrogen and oxygen atoms in total. The Morgan fingerprint density at radius 1 is 0.846 bits per heavy atom. The lowest BCUT2D eigenvalue weighted by Gasteiger charge is -2.49. The van der Waals surface area contributed by atoms with Crippen LogP contribution in [0.15, 0.2) is 78.9 Å². The van der Waals surface area contributed by atoms with Crippen LogP contribution in [0.1, 0.15) is 65.1 Å². The molecule has 2 N–H and O–H groups in total. The summed E-state index contributed by atoms with van der Waals surface area (Å²) in [5, 5.41) is 12.7. The van der Waals surface area contributed by atoms with Crippen LogP contribution in [0.25, 0.3) is 0 Å². The number of hydrogen-bond donors (Lipinski definition) is 2. The van der Waals surface area contributed by atoms with Crippen LogP contribution >= 0.6 is 0 Å². The summed E-state index contributed by atoms with van der Waals surface area (Å²) in [4.78, 5) is 42.4. The van der Waals surface area contributed by atoms with E-state index < -0.39 is 18.0 Å². The zero-order valence-corrected chi connectivity index (χ0v) is 29.6. The second-order valence-electron chi connectivity index (χ2n) is 14.5. The quantitative estimate of drug-likeness (QED) is 0.230. The number of rotatable bonds is 13. The van der Waals surface area contributed by atoms with E-state index in [1.807, 2.05) is 42.5 Å². The number of carbonyl (C=O) groups excluding carboxylic acids is 2. The number of alkyl carbamates (subject to hydrolysis) is 1. The van der Waals surface area contributed by atoms with Crippen LogP contribution in [0, 0.1) is 17.8 Å². The molecule has 5 aliphatic heterocycles. The van der Waals surface area contributed by atoms with E-state index >= 15 is 0 Å². The molecule has 2 bridgehead atoms. The summed E-state index contributed by atoms with van der Waals surface area (Å²) in [6.45, 7) is 5.51. The standard InChI is InChI=1S/C41H49N3O8/c45-39(44-19-17-34(40(46)47)32(24-44)9-5-11-38-49-20-21-50-38)31-14-12-28(13-15-31)27-51-33-10-4-6-29(22-33)23-42-41(48)52-37-26-43-18-16-35(37)36(25-43)30-7-2-1-3-8-30/h1-4,6-8,10,12-15,22,32,34-38H,5,9,11,16-21,23-27H2,(H,42,48)(H,46,47)/t32?,34?,35?,36?,37-/m0/s1. The highest BCUT2D eigenvalue weighted by Crippen LogP contribution is 2.40. The zero-order chi connectivity index (χ0) is 35.9. The molecule has 0 radical (unpaired) electrons. The van der Waals surface area contributed by atoms with E-state index in [-0.39, 0.29) is 24.2 Å². The lowest BCUT2D eigenvalue weighted by Crippen LogP contribution is -2.56. The van der Waals surface area contributed by atoms with E-state index in [0.29, 0.717) is 75.4 Å². The van der Waals surface area contributed by atoms with Crippen molar-refractivity contribution in [2.24, 2.45) is 17.8 Å². The minimum absolute atomic E-state index is 0.0907. The second kappa shape index (κ2) is 16.9. The predicted octanol–water partition coefficient (Wildman–Crippen LogP) is 5.69. The lowest BCUT2D eigenvalue weighted by atomic mass is 9.74. The second-order valence-corrected chi connectivity index (χ2v) is 14.5. The first-order chi connectivity index (χ1) is 25.4. The van der Waals surface area contributed by atoms with Gasteiger partial charge in [-0.05, 0) is 85.5 Å². The highest BCUT2D eigenvalue weighted by atomic mass is 16.7. The van der Waals surface area contributed by atoms with Crippen molar-refractivity contribution in [2.75, 3.05) is 45.9 Å². The molecule has 0 saturated carbocycles. The molecule has 3 aromatic carbocycles. The van der Waals surface area contributed by atoms with E-state index in [4.69, 9.17) is 18.9 Å². The van der Waals surface area contributed by atoms with Crippen molar-refractivity contribution in [3.8, 4) is 5.75 Å². The number of hydrogen-bond acceptors (Lipinski definition) is 8. The number of likely N-dealkylation sites (tertiary alicyclic amines) is 1. The molecule has 8 rings (SSSR count). The van der Waals surface area contributed by atoms with Gasteiger partial charge in [-0.1, -0.05) is 54.6 Å². The number of amides is 2. The van der Waals surface area contributed by atoms with Crippen LogP contribution in [0.3, 0.4) is 0 Å². The van der Waals surface area contributed by atoms with Crippen molar-refractivity contribution < 1.29 is 38.4 Å². The maximum atomic E-state index is 13.4. The SMILES string of the molecule is O=C(NCc1cccc(OCc2ccc(C(=O)N3CCC(C(=O)O)C(CCCC4OCCO4)C3)cc2)c1)O[C@H]1CN2CCC1C(c1ccccc1)C2. The Morgan fingerprint density at radius 2 is 1.65 bits per heavy atom. The molecule has 52 heavy (non-hydrogen) atoms. The van der Waals surface area contributed by atoms with E-state index in [1.165, 1.54) is 5.56 Å². The molecule has 0 aliphatic carbocycles. The number of aliphatic carboxylic acids is 1. The largest absolute Gasteiger partial charge is 0.489 e. The monoisotopic (exact) mass is 711 g/mol. The molecule has 5 heterocycles. The molecule has 6 atom stereocenters. The Hall–Kier alpha value is -4.45. The molecule has 3 aromatic rings. The molecule has 0 aromatic heterocycles. The third-order valence-corrected chi connectivity index (χ3v) is 11.1. The van der Waals surface area contributed by atoms with Gasteiger partial charge in [-0.2, -0.15) is 0 Å². The minimum Gasteiger partial charge on any atom is -0.489 e. The van der Waals surface area contributed by atoms with Gasteiger partial charge in [0, 0.05) is 50.1 Å². The van der Waals surface area contributed by atoms with Crippen molar-refractivity contribution in [2.45, 2.75) is 63.6 Å². The summed E-state index contributed by atoms with van der Waals surface area (Å²) in [6.07, 6.45) is 2.94. The molecule has 5 unspecified atom stereocenters. The predicted molar refractivity (Wildman–Crippen MR) is 193 cm³/mol. The Kier molecular flexibility index (Phi) is 11.7. The van der Waals surface area contributed by atoms with Gasteiger partial charge in [0.2, 0.25) is 0 Å². The van der Waals surface area contributed by atoms with Gasteiger partial charge < -0.3 is 34.3 Å². The van der Waals surface area contributed by atoms with E-state index in [1.54, 1.807) is 17.0 Å². The smallest absolute Gasteiger partial charge is 0.407 e. The summed E-state index contributed by atoms with van der Waals surface area (Å²) in [5.41, 5.74) is 3.69. The van der Waals surface area contributed by atoms with Gasteiger partial charge in [-0.15, -0.1) is 0 Å². The number of nitrogens with one attached hydrogen (secondary N) is 1. The summed E-state index contributed by atoms with van der Waals surface area (Å²) >= 11 is 0. The number of carboxylic acids is 1. The minimum atomic E-state index is -0.795. The highest BCUT2D eigenvalue weighted by molar-refractivity contribution is 5.94. The fourth-order valence-corrected chi connectivity index (χ4v) is 8.36. The van der Waals surface area contributed by atoms with Crippen LogP contribution in [0.5, 0.6) is 5.75 Å². The molecule has 2 amide bonds. The Morgan fingerprint density at radius 3 is 2.42 bits per heavy atom. The van der Waals surface area contributed by atoms with Crippen molar-refractivity contribution in [1.29, 1.82) is 0 Å². The van der Waals surface area contributed by atoms with Crippen molar-refractivity contribution in [1.82, 2.24) is 15.1 Å². The summed E-state index contributed by atoms with van der Waals surface area (Å²) in [7, 11) is 0. The van der Waals surface area contributed by atoms with Crippen molar-refractivity contribution >= 4 is 18.0 Å². The molecule has 11 heteroatoms. The molecule has 5 aliphatic rings. The topological polar surface area (TPSA) is 127 Å². The van der Waals surface area contributed by atoms with Gasteiger partial charge in [-0.3, -0.25) is 14.5 Å². The number of fused-ring (bicyclic) bond motifs is 3. The lowest BCUT2D eigenvalue weighted by molar-refractivity contribution is -0.145. The average molecular weight is 712 g/mol. The molecule has 5 saturated heterocycles. The number of carbonyl (C=O) groups is 3. The van der Waals surface area contributed by atoms with Crippen molar-refractivity contribution in [3.63, 3.8) is 0 Å². The highest BCUT2D eigenvalue weighted by Gasteiger charge is 2.43. The van der Waals surface area contributed by atoms with E-state index in [2.05, 4.69) is 34.5 Å². The van der Waals surface area contributed by atoms with Crippen LogP contribution in [0.2, 0.25) is 0 Å². The van der Waals surface area contributed by atoms with Gasteiger partial charge in [-0.25, -0.2) is 4.79 Å². The van der Waals surface area contributed by atoms with Crippen LogP contribution in [-0.2, 0) is 32.2 Å².